The Hall–Kier alpha value is -2.04. The Bertz CT molecular complexity index is 883. The average molecular weight is 407 g/mol. The standard InChI is InChI=1S/C16H20F3N3O4S/c1-10-7-13(22-26-10)12-8-11(20-21-12)9-14(23)15(2,3)27(24,25)6-4-5-16(17,18)19/h7H,4-6,8-9H2,1-3H3. The second-order valence-corrected chi connectivity index (χ2v) is 9.52. The number of alkyl halides is 3. The molecule has 0 radical (unpaired) electrons. The molecule has 1 aromatic heterocycles. The molecule has 0 saturated heterocycles. The molecule has 0 spiro atoms. The SMILES string of the molecule is Cc1cc(C2=NN=C(CC(=O)C(C)(C)S(=O)(=O)CCCC(F)(F)F)C2)no1. The number of nitrogens with zero attached hydrogens (tertiary/aromatic N) is 3. The van der Waals surface area contributed by atoms with Crippen LogP contribution in [-0.2, 0) is 14.6 Å². The third kappa shape index (κ3) is 5.24. The summed E-state index contributed by atoms with van der Waals surface area (Å²) in [7, 11) is -4.05. The Labute approximate surface area is 154 Å². The maximum absolute atomic E-state index is 12.5. The van der Waals surface area contributed by atoms with Gasteiger partial charge in [-0.2, -0.15) is 23.4 Å². The van der Waals surface area contributed by atoms with Crippen molar-refractivity contribution < 1.29 is 30.9 Å². The van der Waals surface area contributed by atoms with E-state index < -0.39 is 45.1 Å². The number of carbonyl (C=O) groups is 1. The molecular weight excluding hydrogens is 387 g/mol. The van der Waals surface area contributed by atoms with E-state index in [1.54, 1.807) is 13.0 Å². The van der Waals surface area contributed by atoms with Crippen LogP contribution in [0.1, 0.15) is 51.0 Å². The summed E-state index contributed by atoms with van der Waals surface area (Å²) in [5.41, 5.74) is 1.35. The Kier molecular flexibility index (Phi) is 5.93. The minimum atomic E-state index is -4.44. The van der Waals surface area contributed by atoms with Gasteiger partial charge in [-0.1, -0.05) is 5.16 Å². The van der Waals surface area contributed by atoms with Gasteiger partial charge in [0.25, 0.3) is 0 Å². The van der Waals surface area contributed by atoms with Gasteiger partial charge < -0.3 is 4.52 Å². The van der Waals surface area contributed by atoms with E-state index in [0.717, 1.165) is 0 Å². The van der Waals surface area contributed by atoms with Crippen LogP contribution >= 0.6 is 0 Å². The first-order chi connectivity index (χ1) is 12.3. The average Bonchev–Trinajstić information content (AvgIpc) is 3.14. The number of Topliss-reactive ketones (excluding diaryl/α,β-unsaturated/α-hetero) is 1. The number of carbonyl (C=O) groups excluding carboxylic acids is 1. The van der Waals surface area contributed by atoms with Gasteiger partial charge in [0.05, 0.1) is 17.2 Å². The van der Waals surface area contributed by atoms with Crippen molar-refractivity contribution in [3.05, 3.63) is 17.5 Å². The van der Waals surface area contributed by atoms with E-state index in [2.05, 4.69) is 15.4 Å². The van der Waals surface area contributed by atoms with Crippen LogP contribution in [0, 0.1) is 6.92 Å². The molecule has 1 aliphatic rings. The number of aromatic nitrogens is 1. The van der Waals surface area contributed by atoms with Crippen LogP contribution in [0.3, 0.4) is 0 Å². The molecule has 1 aromatic rings. The van der Waals surface area contributed by atoms with Gasteiger partial charge in [0, 0.05) is 25.3 Å². The number of aryl methyl sites for hydroxylation is 1. The minimum absolute atomic E-state index is 0.224. The third-order valence-corrected chi connectivity index (χ3v) is 6.90. The molecule has 1 aliphatic heterocycles. The molecule has 27 heavy (non-hydrogen) atoms. The van der Waals surface area contributed by atoms with E-state index in [1.165, 1.54) is 13.8 Å². The molecule has 150 valence electrons. The fourth-order valence-corrected chi connectivity index (χ4v) is 3.88. The summed E-state index contributed by atoms with van der Waals surface area (Å²) >= 11 is 0. The molecule has 0 fully saturated rings. The molecule has 2 rings (SSSR count). The molecule has 0 aliphatic carbocycles. The highest BCUT2D eigenvalue weighted by Gasteiger charge is 2.42. The third-order valence-electron chi connectivity index (χ3n) is 4.29. The Morgan fingerprint density at radius 1 is 1.26 bits per heavy atom. The molecular formula is C16H20F3N3O4S. The Morgan fingerprint density at radius 2 is 1.93 bits per heavy atom. The van der Waals surface area contributed by atoms with Crippen molar-refractivity contribution in [2.45, 2.75) is 57.4 Å². The second-order valence-electron chi connectivity index (χ2n) is 6.86. The van der Waals surface area contributed by atoms with E-state index >= 15 is 0 Å². The van der Waals surface area contributed by atoms with Crippen molar-refractivity contribution in [1.29, 1.82) is 0 Å². The number of hydrogen-bond acceptors (Lipinski definition) is 7. The molecule has 0 atom stereocenters. The molecule has 0 N–H and O–H groups in total. The van der Waals surface area contributed by atoms with Crippen molar-refractivity contribution in [3.8, 4) is 0 Å². The van der Waals surface area contributed by atoms with Crippen molar-refractivity contribution in [2.75, 3.05) is 5.75 Å². The zero-order chi connectivity index (χ0) is 20.5. The van der Waals surface area contributed by atoms with E-state index in [0.29, 0.717) is 22.9 Å². The number of hydrogen-bond donors (Lipinski definition) is 0. The van der Waals surface area contributed by atoms with Gasteiger partial charge in [-0.05, 0) is 27.2 Å². The predicted molar refractivity (Wildman–Crippen MR) is 92.6 cm³/mol. The van der Waals surface area contributed by atoms with Gasteiger partial charge in [-0.15, -0.1) is 0 Å². The van der Waals surface area contributed by atoms with Crippen molar-refractivity contribution in [2.24, 2.45) is 10.2 Å². The van der Waals surface area contributed by atoms with Crippen LogP contribution in [0.4, 0.5) is 13.2 Å². The van der Waals surface area contributed by atoms with Crippen LogP contribution in [0.5, 0.6) is 0 Å². The molecule has 0 unspecified atom stereocenters. The summed E-state index contributed by atoms with van der Waals surface area (Å²) in [6.07, 6.45) is -6.26. The van der Waals surface area contributed by atoms with Crippen LogP contribution in [-0.4, -0.2) is 47.5 Å². The van der Waals surface area contributed by atoms with Crippen molar-refractivity contribution in [1.82, 2.24) is 5.16 Å². The number of sulfone groups is 1. The molecule has 2 heterocycles. The van der Waals surface area contributed by atoms with E-state index in [4.69, 9.17) is 4.52 Å². The zero-order valence-electron chi connectivity index (χ0n) is 15.1. The quantitative estimate of drug-likeness (QED) is 0.659. The van der Waals surface area contributed by atoms with Gasteiger partial charge in [0.2, 0.25) is 0 Å². The van der Waals surface area contributed by atoms with Gasteiger partial charge in [-0.25, -0.2) is 8.42 Å². The van der Waals surface area contributed by atoms with Gasteiger partial charge in [-0.3, -0.25) is 4.79 Å². The van der Waals surface area contributed by atoms with Crippen molar-refractivity contribution >= 4 is 27.0 Å². The molecule has 0 bridgehead atoms. The lowest BCUT2D eigenvalue weighted by molar-refractivity contribution is -0.134. The topological polar surface area (TPSA) is 102 Å². The lowest BCUT2D eigenvalue weighted by atomic mass is 9.99. The summed E-state index contributed by atoms with van der Waals surface area (Å²) in [5, 5.41) is 11.6. The maximum Gasteiger partial charge on any atom is 0.389 e. The monoisotopic (exact) mass is 407 g/mol. The van der Waals surface area contributed by atoms with Gasteiger partial charge in [0.1, 0.15) is 16.2 Å². The Balaban J connectivity index is 1.96. The fraction of sp³-hybridized carbons (Fsp3) is 0.625. The first-order valence-corrected chi connectivity index (χ1v) is 9.85. The highest BCUT2D eigenvalue weighted by atomic mass is 32.2. The summed E-state index contributed by atoms with van der Waals surface area (Å²) in [6.45, 7) is 4.12. The van der Waals surface area contributed by atoms with Gasteiger partial charge in [0.15, 0.2) is 15.6 Å². The summed E-state index contributed by atoms with van der Waals surface area (Å²) in [6, 6.07) is 1.66. The highest BCUT2D eigenvalue weighted by Crippen LogP contribution is 2.26. The smallest absolute Gasteiger partial charge is 0.361 e. The van der Waals surface area contributed by atoms with E-state index in [1.807, 2.05) is 0 Å². The first-order valence-electron chi connectivity index (χ1n) is 8.20. The van der Waals surface area contributed by atoms with E-state index in [9.17, 15) is 26.4 Å². The largest absolute Gasteiger partial charge is 0.389 e. The molecule has 7 nitrogen and oxygen atoms in total. The fourth-order valence-electron chi connectivity index (χ4n) is 2.43. The maximum atomic E-state index is 12.5. The number of halogens is 3. The molecule has 0 saturated carbocycles. The van der Waals surface area contributed by atoms with Crippen molar-refractivity contribution in [3.63, 3.8) is 0 Å². The normalized spacial score (nSPS) is 15.6. The number of ketones is 1. The molecule has 0 amide bonds. The predicted octanol–water partition coefficient (Wildman–Crippen LogP) is 3.03. The zero-order valence-corrected chi connectivity index (χ0v) is 15.9. The van der Waals surface area contributed by atoms with Crippen LogP contribution in [0.15, 0.2) is 20.8 Å². The summed E-state index contributed by atoms with van der Waals surface area (Å²) in [5.74, 6) is -0.762. The molecule has 11 heteroatoms. The highest BCUT2D eigenvalue weighted by molar-refractivity contribution is 7.93. The van der Waals surface area contributed by atoms with E-state index in [-0.39, 0.29) is 12.8 Å². The lowest BCUT2D eigenvalue weighted by Crippen LogP contribution is -2.43. The molecule has 0 aromatic carbocycles. The summed E-state index contributed by atoms with van der Waals surface area (Å²) in [4.78, 5) is 12.5. The number of rotatable bonds is 8. The van der Waals surface area contributed by atoms with Crippen LogP contribution in [0.2, 0.25) is 0 Å². The lowest BCUT2D eigenvalue weighted by Gasteiger charge is -2.23. The van der Waals surface area contributed by atoms with Gasteiger partial charge >= 0.3 is 6.18 Å². The van der Waals surface area contributed by atoms with Crippen LogP contribution in [0.25, 0.3) is 0 Å². The first kappa shape index (κ1) is 21.3. The second kappa shape index (κ2) is 7.53. The van der Waals surface area contributed by atoms with Crippen LogP contribution < -0.4 is 0 Å². The summed E-state index contributed by atoms with van der Waals surface area (Å²) < 4.78 is 64.6. The Morgan fingerprint density at radius 3 is 2.48 bits per heavy atom. The minimum Gasteiger partial charge on any atom is -0.361 e.